The van der Waals surface area contributed by atoms with Crippen LogP contribution in [0.15, 0.2) is 107 Å². The maximum absolute atomic E-state index is 13.6. The van der Waals surface area contributed by atoms with Crippen molar-refractivity contribution in [2.75, 3.05) is 18.5 Å². The third-order valence-electron chi connectivity index (χ3n) is 7.22. The van der Waals surface area contributed by atoms with Crippen molar-refractivity contribution >= 4 is 27.6 Å². The average Bonchev–Trinajstić information content (AvgIpc) is 3.35. The molecule has 44 heavy (non-hydrogen) atoms. The van der Waals surface area contributed by atoms with Gasteiger partial charge in [0.05, 0.1) is 16.8 Å². The van der Waals surface area contributed by atoms with E-state index >= 15 is 0 Å². The van der Waals surface area contributed by atoms with E-state index < -0.39 is 14.9 Å². The summed E-state index contributed by atoms with van der Waals surface area (Å²) < 4.78 is 40.8. The van der Waals surface area contributed by atoms with Crippen LogP contribution in [-0.4, -0.2) is 37.0 Å². The van der Waals surface area contributed by atoms with Crippen LogP contribution in [0.25, 0.3) is 0 Å². The van der Waals surface area contributed by atoms with Crippen LogP contribution in [0.3, 0.4) is 0 Å². The summed E-state index contributed by atoms with van der Waals surface area (Å²) in [5.41, 5.74) is 5.28. The van der Waals surface area contributed by atoms with Gasteiger partial charge >= 0.3 is 0 Å². The SMILES string of the molecule is O=[N+]([O-])c1ccc(N/N=C\c2ccc(OCc3ccccc3)cc2OCc2ccccc2)c(S(=O)(=O)N2CCCCCC2)c1. The van der Waals surface area contributed by atoms with Crippen LogP contribution in [-0.2, 0) is 23.2 Å². The van der Waals surface area contributed by atoms with Crippen molar-refractivity contribution in [2.24, 2.45) is 5.10 Å². The van der Waals surface area contributed by atoms with E-state index in [0.717, 1.165) is 42.9 Å². The first-order chi connectivity index (χ1) is 21.4. The zero-order valence-corrected chi connectivity index (χ0v) is 25.0. The summed E-state index contributed by atoms with van der Waals surface area (Å²) in [4.78, 5) is 10.7. The van der Waals surface area contributed by atoms with Crippen LogP contribution in [0.4, 0.5) is 11.4 Å². The minimum atomic E-state index is -4.00. The fraction of sp³-hybridized carbons (Fsp3) is 0.242. The first kappa shape index (κ1) is 30.7. The number of hydrogen-bond acceptors (Lipinski definition) is 8. The third kappa shape index (κ3) is 8.00. The van der Waals surface area contributed by atoms with Gasteiger partial charge in [0.1, 0.15) is 29.6 Å². The predicted octanol–water partition coefficient (Wildman–Crippen LogP) is 6.76. The molecule has 0 aromatic heterocycles. The highest BCUT2D eigenvalue weighted by molar-refractivity contribution is 7.89. The molecule has 0 amide bonds. The van der Waals surface area contributed by atoms with Gasteiger partial charge in [-0.05, 0) is 42.2 Å². The zero-order valence-electron chi connectivity index (χ0n) is 24.2. The van der Waals surface area contributed by atoms with E-state index in [1.54, 1.807) is 18.2 Å². The van der Waals surface area contributed by atoms with Gasteiger partial charge in [-0.25, -0.2) is 8.42 Å². The van der Waals surface area contributed by atoms with E-state index in [1.807, 2.05) is 60.7 Å². The third-order valence-corrected chi connectivity index (χ3v) is 9.16. The second kappa shape index (κ2) is 14.6. The van der Waals surface area contributed by atoms with Gasteiger partial charge in [-0.15, -0.1) is 0 Å². The monoisotopic (exact) mass is 614 g/mol. The average molecular weight is 615 g/mol. The Hall–Kier alpha value is -4.74. The van der Waals surface area contributed by atoms with Crippen molar-refractivity contribution < 1.29 is 22.8 Å². The largest absolute Gasteiger partial charge is 0.489 e. The number of anilines is 1. The second-order valence-electron chi connectivity index (χ2n) is 10.4. The van der Waals surface area contributed by atoms with Crippen molar-refractivity contribution in [3.8, 4) is 11.5 Å². The smallest absolute Gasteiger partial charge is 0.270 e. The number of nitrogens with one attached hydrogen (secondary N) is 1. The van der Waals surface area contributed by atoms with E-state index in [2.05, 4.69) is 10.5 Å². The van der Waals surface area contributed by atoms with Crippen LogP contribution in [0.2, 0.25) is 0 Å². The Labute approximate surface area is 257 Å². The summed E-state index contributed by atoms with van der Waals surface area (Å²) in [7, 11) is -4.00. The molecule has 228 valence electrons. The lowest BCUT2D eigenvalue weighted by Crippen LogP contribution is -2.32. The molecule has 0 aliphatic carbocycles. The molecule has 0 spiro atoms. The number of hydrogen-bond donors (Lipinski definition) is 1. The van der Waals surface area contributed by atoms with E-state index in [9.17, 15) is 18.5 Å². The van der Waals surface area contributed by atoms with Gasteiger partial charge in [0, 0.05) is 36.9 Å². The van der Waals surface area contributed by atoms with Gasteiger partial charge in [0.15, 0.2) is 0 Å². The first-order valence-corrected chi connectivity index (χ1v) is 15.9. The molecule has 0 radical (unpaired) electrons. The maximum atomic E-state index is 13.6. The molecule has 1 heterocycles. The number of ether oxygens (including phenoxy) is 2. The fourth-order valence-electron chi connectivity index (χ4n) is 4.84. The molecule has 0 saturated carbocycles. The van der Waals surface area contributed by atoms with Gasteiger partial charge in [0.2, 0.25) is 10.0 Å². The molecule has 5 rings (SSSR count). The number of nitro groups is 1. The van der Waals surface area contributed by atoms with E-state index in [0.29, 0.717) is 43.4 Å². The summed E-state index contributed by atoms with van der Waals surface area (Å²) in [6, 6.07) is 28.7. The molecule has 10 nitrogen and oxygen atoms in total. The van der Waals surface area contributed by atoms with Crippen molar-refractivity contribution in [2.45, 2.75) is 43.8 Å². The van der Waals surface area contributed by atoms with Crippen LogP contribution < -0.4 is 14.9 Å². The highest BCUT2D eigenvalue weighted by Gasteiger charge is 2.29. The van der Waals surface area contributed by atoms with Crippen molar-refractivity contribution in [1.82, 2.24) is 4.31 Å². The van der Waals surface area contributed by atoms with E-state index in [-0.39, 0.29) is 16.3 Å². The van der Waals surface area contributed by atoms with Crippen molar-refractivity contribution in [3.05, 3.63) is 124 Å². The first-order valence-electron chi connectivity index (χ1n) is 14.5. The van der Waals surface area contributed by atoms with E-state index in [1.165, 1.54) is 22.7 Å². The van der Waals surface area contributed by atoms with Crippen LogP contribution >= 0.6 is 0 Å². The molecule has 1 aliphatic heterocycles. The van der Waals surface area contributed by atoms with Crippen LogP contribution in [0, 0.1) is 10.1 Å². The Morgan fingerprint density at radius 1 is 0.818 bits per heavy atom. The van der Waals surface area contributed by atoms with Crippen molar-refractivity contribution in [3.63, 3.8) is 0 Å². The number of rotatable bonds is 12. The number of non-ortho nitro benzene ring substituents is 1. The normalized spacial score (nSPS) is 14.2. The number of benzene rings is 4. The number of hydrazone groups is 1. The van der Waals surface area contributed by atoms with Gasteiger partial charge in [-0.3, -0.25) is 15.5 Å². The van der Waals surface area contributed by atoms with Crippen LogP contribution in [0.1, 0.15) is 42.4 Å². The summed E-state index contributed by atoms with van der Waals surface area (Å²) in [5, 5.41) is 15.8. The minimum Gasteiger partial charge on any atom is -0.489 e. The highest BCUT2D eigenvalue weighted by atomic mass is 32.2. The van der Waals surface area contributed by atoms with Gasteiger partial charge in [-0.2, -0.15) is 9.41 Å². The van der Waals surface area contributed by atoms with Gasteiger partial charge in [0.25, 0.3) is 5.69 Å². The van der Waals surface area contributed by atoms with Crippen LogP contribution in [0.5, 0.6) is 11.5 Å². The number of sulfonamides is 1. The van der Waals surface area contributed by atoms with Gasteiger partial charge in [-0.1, -0.05) is 73.5 Å². The van der Waals surface area contributed by atoms with Gasteiger partial charge < -0.3 is 9.47 Å². The molecule has 0 bridgehead atoms. The molecule has 1 fully saturated rings. The molecule has 1 saturated heterocycles. The predicted molar refractivity (Wildman–Crippen MR) is 170 cm³/mol. The molecule has 1 N–H and O–H groups in total. The molecule has 4 aromatic rings. The zero-order chi connectivity index (χ0) is 30.8. The summed E-state index contributed by atoms with van der Waals surface area (Å²) in [5.74, 6) is 1.13. The Bertz CT molecular complexity index is 1690. The lowest BCUT2D eigenvalue weighted by atomic mass is 10.2. The molecule has 0 atom stereocenters. The standard InChI is InChI=1S/C33H34N4O6S/c38-37(39)29-16-18-31(33(21-29)44(40,41)36-19-9-1-2-10-20-36)35-34-23-28-15-17-30(42-24-26-11-5-3-6-12-26)22-32(28)43-25-27-13-7-4-8-14-27/h3-8,11-18,21-23,35H,1-2,9-10,19-20,24-25H2/b34-23-. The maximum Gasteiger partial charge on any atom is 0.270 e. The second-order valence-corrected chi connectivity index (χ2v) is 12.3. The molecule has 0 unspecified atom stereocenters. The molecule has 11 heteroatoms. The lowest BCUT2D eigenvalue weighted by molar-refractivity contribution is -0.385. The number of nitro benzene ring substituents is 1. The Balaban J connectivity index is 1.39. The Kier molecular flexibility index (Phi) is 10.2. The van der Waals surface area contributed by atoms with Crippen molar-refractivity contribution in [1.29, 1.82) is 0 Å². The quantitative estimate of drug-likeness (QED) is 0.106. The fourth-order valence-corrected chi connectivity index (χ4v) is 6.51. The summed E-state index contributed by atoms with van der Waals surface area (Å²) in [6.45, 7) is 1.45. The minimum absolute atomic E-state index is 0.144. The highest BCUT2D eigenvalue weighted by Crippen LogP contribution is 2.31. The molecule has 4 aromatic carbocycles. The number of nitrogens with zero attached hydrogens (tertiary/aromatic N) is 3. The molecular weight excluding hydrogens is 580 g/mol. The molecular formula is C33H34N4O6S. The summed E-state index contributed by atoms with van der Waals surface area (Å²) >= 11 is 0. The van der Waals surface area contributed by atoms with E-state index in [4.69, 9.17) is 9.47 Å². The Morgan fingerprint density at radius 2 is 1.45 bits per heavy atom. The lowest BCUT2D eigenvalue weighted by Gasteiger charge is -2.21. The Morgan fingerprint density at radius 3 is 2.09 bits per heavy atom. The topological polar surface area (TPSA) is 123 Å². The molecule has 1 aliphatic rings. The summed E-state index contributed by atoms with van der Waals surface area (Å²) in [6.07, 6.45) is 4.89.